The van der Waals surface area contributed by atoms with Crippen LogP contribution < -0.4 is 4.90 Å². The van der Waals surface area contributed by atoms with Crippen LogP contribution in [0.25, 0.3) is 11.4 Å². The monoisotopic (exact) mass is 432 g/mol. The zero-order chi connectivity index (χ0) is 21.1. The first-order valence-corrected chi connectivity index (χ1v) is 11.0. The molecule has 3 heterocycles. The van der Waals surface area contributed by atoms with E-state index in [9.17, 15) is 4.39 Å². The van der Waals surface area contributed by atoms with Gasteiger partial charge in [-0.05, 0) is 24.5 Å². The summed E-state index contributed by atoms with van der Waals surface area (Å²) in [7, 11) is 0. The molecule has 3 aromatic rings. The van der Waals surface area contributed by atoms with Crippen LogP contribution in [0.4, 0.5) is 10.3 Å². The largest absolute Gasteiger partial charge is 0.378 e. The summed E-state index contributed by atoms with van der Waals surface area (Å²) in [4.78, 5) is 6.61. The van der Waals surface area contributed by atoms with Crippen LogP contribution in [0.5, 0.6) is 0 Å². The summed E-state index contributed by atoms with van der Waals surface area (Å²) in [5, 5.41) is 13.6. The Morgan fingerprint density at radius 1 is 1.20 bits per heavy atom. The second kappa shape index (κ2) is 9.13. The Bertz CT molecular complexity index is 999. The fourth-order valence-electron chi connectivity index (χ4n) is 3.20. The second-order valence-electron chi connectivity index (χ2n) is 7.65. The molecule has 1 fully saturated rings. The minimum atomic E-state index is -0.286. The molecule has 10 heteroatoms. The standard InChI is InChI=1S/C20H25FN6O2S/c1-13(2)11-27-19(26-6-8-28-9-7-26)23-24-20(27)30-12-17-22-18(25-29-17)15-5-4-14(3)16(21)10-15/h4-5,10,13H,6-9,11-12H2,1-3H3. The van der Waals surface area contributed by atoms with Gasteiger partial charge < -0.3 is 14.2 Å². The van der Waals surface area contributed by atoms with Gasteiger partial charge in [-0.2, -0.15) is 4.98 Å². The van der Waals surface area contributed by atoms with Crippen molar-refractivity contribution in [2.24, 2.45) is 5.92 Å². The first-order valence-electron chi connectivity index (χ1n) is 9.99. The van der Waals surface area contributed by atoms with Gasteiger partial charge in [0.25, 0.3) is 0 Å². The maximum Gasteiger partial charge on any atom is 0.237 e. The number of morpholine rings is 1. The van der Waals surface area contributed by atoms with Gasteiger partial charge in [0.05, 0.1) is 19.0 Å². The van der Waals surface area contributed by atoms with Crippen molar-refractivity contribution in [1.29, 1.82) is 0 Å². The number of nitrogens with zero attached hydrogens (tertiary/aromatic N) is 6. The van der Waals surface area contributed by atoms with Crippen molar-refractivity contribution < 1.29 is 13.7 Å². The first kappa shape index (κ1) is 20.8. The summed E-state index contributed by atoms with van der Waals surface area (Å²) < 4.78 is 26.8. The molecule has 160 valence electrons. The van der Waals surface area contributed by atoms with Crippen LogP contribution in [-0.2, 0) is 17.0 Å². The van der Waals surface area contributed by atoms with E-state index in [2.05, 4.69) is 43.7 Å². The zero-order valence-electron chi connectivity index (χ0n) is 17.3. The molecule has 0 spiro atoms. The lowest BCUT2D eigenvalue weighted by Gasteiger charge is -2.28. The zero-order valence-corrected chi connectivity index (χ0v) is 18.2. The maximum atomic E-state index is 13.8. The Hall–Kier alpha value is -2.46. The summed E-state index contributed by atoms with van der Waals surface area (Å²) in [5.74, 6) is 2.33. The van der Waals surface area contributed by atoms with E-state index in [0.29, 0.717) is 47.7 Å². The number of benzene rings is 1. The number of halogens is 1. The molecular formula is C20H25FN6O2S. The normalized spacial score (nSPS) is 14.6. The average Bonchev–Trinajstić information content (AvgIpc) is 3.36. The van der Waals surface area contributed by atoms with E-state index in [1.165, 1.54) is 17.8 Å². The Morgan fingerprint density at radius 2 is 2.00 bits per heavy atom. The van der Waals surface area contributed by atoms with E-state index in [1.807, 2.05) is 0 Å². The lowest BCUT2D eigenvalue weighted by atomic mass is 10.1. The average molecular weight is 433 g/mol. The van der Waals surface area contributed by atoms with E-state index in [1.54, 1.807) is 19.1 Å². The summed E-state index contributed by atoms with van der Waals surface area (Å²) in [6, 6.07) is 4.91. The molecule has 0 amide bonds. The number of ether oxygens (including phenoxy) is 1. The SMILES string of the molecule is Cc1ccc(-c2noc(CSc3nnc(N4CCOCC4)n3CC(C)C)n2)cc1F. The first-order chi connectivity index (χ1) is 14.5. The lowest BCUT2D eigenvalue weighted by Crippen LogP contribution is -2.38. The van der Waals surface area contributed by atoms with E-state index in [4.69, 9.17) is 9.26 Å². The van der Waals surface area contributed by atoms with Gasteiger partial charge in [-0.15, -0.1) is 10.2 Å². The molecule has 0 saturated carbocycles. The predicted molar refractivity (Wildman–Crippen MR) is 112 cm³/mol. The van der Waals surface area contributed by atoms with Gasteiger partial charge in [-0.3, -0.25) is 4.57 Å². The summed E-state index contributed by atoms with van der Waals surface area (Å²) in [6.07, 6.45) is 0. The second-order valence-corrected chi connectivity index (χ2v) is 8.59. The predicted octanol–water partition coefficient (Wildman–Crippen LogP) is 3.56. The molecule has 0 bridgehead atoms. The number of hydrogen-bond donors (Lipinski definition) is 0. The van der Waals surface area contributed by atoms with Crippen molar-refractivity contribution >= 4 is 17.7 Å². The molecule has 2 aromatic heterocycles. The number of aromatic nitrogens is 5. The van der Waals surface area contributed by atoms with Gasteiger partial charge in [0.15, 0.2) is 5.16 Å². The number of thioether (sulfide) groups is 1. The number of rotatable bonds is 7. The van der Waals surface area contributed by atoms with Gasteiger partial charge in [-0.1, -0.05) is 42.9 Å². The Kier molecular flexibility index (Phi) is 6.33. The fraction of sp³-hybridized carbons (Fsp3) is 0.500. The molecular weight excluding hydrogens is 407 g/mol. The molecule has 0 unspecified atom stereocenters. The summed E-state index contributed by atoms with van der Waals surface area (Å²) in [6.45, 7) is 9.88. The molecule has 0 radical (unpaired) electrons. The van der Waals surface area contributed by atoms with Crippen molar-refractivity contribution in [3.8, 4) is 11.4 Å². The van der Waals surface area contributed by atoms with Crippen molar-refractivity contribution in [2.45, 2.75) is 38.2 Å². The lowest BCUT2D eigenvalue weighted by molar-refractivity contribution is 0.121. The van der Waals surface area contributed by atoms with Crippen LogP contribution in [0.2, 0.25) is 0 Å². The van der Waals surface area contributed by atoms with Gasteiger partial charge in [-0.25, -0.2) is 4.39 Å². The molecule has 1 aliphatic heterocycles. The van der Waals surface area contributed by atoms with E-state index in [-0.39, 0.29) is 5.82 Å². The fourth-order valence-corrected chi connectivity index (χ4v) is 3.98. The molecule has 0 atom stereocenters. The van der Waals surface area contributed by atoms with Crippen LogP contribution in [0.15, 0.2) is 27.9 Å². The van der Waals surface area contributed by atoms with E-state index in [0.717, 1.165) is 30.7 Å². The van der Waals surface area contributed by atoms with Crippen molar-refractivity contribution in [2.75, 3.05) is 31.2 Å². The highest BCUT2D eigenvalue weighted by atomic mass is 32.2. The molecule has 1 aliphatic rings. The van der Waals surface area contributed by atoms with Crippen LogP contribution in [0, 0.1) is 18.7 Å². The minimum Gasteiger partial charge on any atom is -0.378 e. The van der Waals surface area contributed by atoms with Crippen molar-refractivity contribution in [1.82, 2.24) is 24.9 Å². The Labute approximate surface area is 178 Å². The number of anilines is 1. The highest BCUT2D eigenvalue weighted by Crippen LogP contribution is 2.27. The van der Waals surface area contributed by atoms with Crippen molar-refractivity contribution in [3.63, 3.8) is 0 Å². The third kappa shape index (κ3) is 4.65. The molecule has 1 saturated heterocycles. The Balaban J connectivity index is 1.49. The molecule has 0 aliphatic carbocycles. The van der Waals surface area contributed by atoms with E-state index >= 15 is 0 Å². The van der Waals surface area contributed by atoms with Crippen LogP contribution >= 0.6 is 11.8 Å². The molecule has 4 rings (SSSR count). The Morgan fingerprint density at radius 3 is 2.73 bits per heavy atom. The number of aryl methyl sites for hydroxylation is 1. The third-order valence-electron chi connectivity index (χ3n) is 4.76. The maximum absolute atomic E-state index is 13.8. The van der Waals surface area contributed by atoms with Crippen LogP contribution in [0.1, 0.15) is 25.3 Å². The summed E-state index contributed by atoms with van der Waals surface area (Å²) in [5.41, 5.74) is 1.18. The van der Waals surface area contributed by atoms with Gasteiger partial charge >= 0.3 is 0 Å². The minimum absolute atomic E-state index is 0.286. The summed E-state index contributed by atoms with van der Waals surface area (Å²) >= 11 is 1.50. The quantitative estimate of drug-likeness (QED) is 0.524. The molecule has 30 heavy (non-hydrogen) atoms. The van der Waals surface area contributed by atoms with E-state index < -0.39 is 0 Å². The van der Waals surface area contributed by atoms with Crippen LogP contribution in [0.3, 0.4) is 0 Å². The third-order valence-corrected chi connectivity index (χ3v) is 5.71. The molecule has 0 N–H and O–H groups in total. The smallest absolute Gasteiger partial charge is 0.237 e. The van der Waals surface area contributed by atoms with Gasteiger partial charge in [0.2, 0.25) is 17.7 Å². The van der Waals surface area contributed by atoms with Crippen LogP contribution in [-0.4, -0.2) is 51.2 Å². The molecule has 1 aromatic carbocycles. The topological polar surface area (TPSA) is 82.1 Å². The van der Waals surface area contributed by atoms with Gasteiger partial charge in [0, 0.05) is 25.2 Å². The highest BCUT2D eigenvalue weighted by molar-refractivity contribution is 7.98. The molecule has 8 nitrogen and oxygen atoms in total. The highest BCUT2D eigenvalue weighted by Gasteiger charge is 2.22. The van der Waals surface area contributed by atoms with Gasteiger partial charge in [0.1, 0.15) is 5.82 Å². The van der Waals surface area contributed by atoms with Crippen molar-refractivity contribution in [3.05, 3.63) is 35.5 Å². The number of hydrogen-bond acceptors (Lipinski definition) is 8.